The van der Waals surface area contributed by atoms with Crippen molar-refractivity contribution in [3.05, 3.63) is 47.0 Å². The van der Waals surface area contributed by atoms with E-state index in [0.717, 1.165) is 36.1 Å². The minimum atomic E-state index is 0.751. The Bertz CT molecular complexity index is 483. The van der Waals surface area contributed by atoms with Crippen molar-refractivity contribution >= 4 is 0 Å². The standard InChI is InChI=1S/C14H19N3O/c1-10-11(2)17-14(16-10)9-15-8-12-4-6-13(18-3)7-5-12/h4-7,15H,8-9H2,1-3H3,(H,16,17). The number of aryl methyl sites for hydroxylation is 2. The van der Waals surface area contributed by atoms with Crippen LogP contribution in [0.5, 0.6) is 5.75 Å². The molecule has 4 heteroatoms. The number of imidazole rings is 1. The van der Waals surface area contributed by atoms with Crippen LogP contribution in [0.3, 0.4) is 0 Å². The van der Waals surface area contributed by atoms with Gasteiger partial charge in [0.2, 0.25) is 0 Å². The number of aromatic nitrogens is 2. The molecule has 2 N–H and O–H groups in total. The minimum absolute atomic E-state index is 0.751. The molecule has 0 unspecified atom stereocenters. The Morgan fingerprint density at radius 1 is 1.17 bits per heavy atom. The molecule has 0 saturated heterocycles. The number of methoxy groups -OCH3 is 1. The van der Waals surface area contributed by atoms with E-state index in [1.165, 1.54) is 5.56 Å². The fraction of sp³-hybridized carbons (Fsp3) is 0.357. The summed E-state index contributed by atoms with van der Waals surface area (Å²) in [6.45, 7) is 5.62. The summed E-state index contributed by atoms with van der Waals surface area (Å²) in [5.41, 5.74) is 3.43. The Morgan fingerprint density at radius 2 is 1.89 bits per heavy atom. The van der Waals surface area contributed by atoms with Crippen molar-refractivity contribution in [2.45, 2.75) is 26.9 Å². The first-order chi connectivity index (χ1) is 8.69. The number of benzene rings is 1. The van der Waals surface area contributed by atoms with E-state index in [2.05, 4.69) is 27.4 Å². The molecule has 0 fully saturated rings. The highest BCUT2D eigenvalue weighted by molar-refractivity contribution is 5.27. The van der Waals surface area contributed by atoms with Crippen molar-refractivity contribution in [2.75, 3.05) is 7.11 Å². The van der Waals surface area contributed by atoms with Crippen molar-refractivity contribution in [3.63, 3.8) is 0 Å². The van der Waals surface area contributed by atoms with Gasteiger partial charge in [0.1, 0.15) is 11.6 Å². The molecule has 0 bridgehead atoms. The smallest absolute Gasteiger partial charge is 0.120 e. The largest absolute Gasteiger partial charge is 0.497 e. The van der Waals surface area contributed by atoms with Crippen LogP contribution in [0.2, 0.25) is 0 Å². The van der Waals surface area contributed by atoms with Gasteiger partial charge in [-0.15, -0.1) is 0 Å². The quantitative estimate of drug-likeness (QED) is 0.850. The number of H-pyrrole nitrogens is 1. The minimum Gasteiger partial charge on any atom is -0.497 e. The maximum Gasteiger partial charge on any atom is 0.120 e. The number of ether oxygens (including phenoxy) is 1. The zero-order chi connectivity index (χ0) is 13.0. The third-order valence-corrected chi connectivity index (χ3v) is 2.96. The first-order valence-electron chi connectivity index (χ1n) is 6.05. The molecule has 0 aliphatic rings. The molecule has 0 saturated carbocycles. The predicted octanol–water partition coefficient (Wildman–Crippen LogP) is 2.32. The second-order valence-corrected chi connectivity index (χ2v) is 4.35. The molecule has 2 rings (SSSR count). The summed E-state index contributed by atoms with van der Waals surface area (Å²) in [6, 6.07) is 8.06. The third-order valence-electron chi connectivity index (χ3n) is 2.96. The van der Waals surface area contributed by atoms with E-state index in [-0.39, 0.29) is 0 Å². The Labute approximate surface area is 107 Å². The molecule has 0 aliphatic carbocycles. The molecule has 0 atom stereocenters. The monoisotopic (exact) mass is 245 g/mol. The summed E-state index contributed by atoms with van der Waals surface area (Å²) in [4.78, 5) is 7.69. The van der Waals surface area contributed by atoms with Gasteiger partial charge in [0.15, 0.2) is 0 Å². The highest BCUT2D eigenvalue weighted by Gasteiger charge is 2.01. The van der Waals surface area contributed by atoms with Crippen molar-refractivity contribution in [3.8, 4) is 5.75 Å². The van der Waals surface area contributed by atoms with Crippen LogP contribution in [0.4, 0.5) is 0 Å². The highest BCUT2D eigenvalue weighted by atomic mass is 16.5. The van der Waals surface area contributed by atoms with Gasteiger partial charge >= 0.3 is 0 Å². The number of hydrogen-bond acceptors (Lipinski definition) is 3. The average Bonchev–Trinajstić information content (AvgIpc) is 2.69. The van der Waals surface area contributed by atoms with Crippen LogP contribution < -0.4 is 10.1 Å². The summed E-state index contributed by atoms with van der Waals surface area (Å²) in [6.07, 6.45) is 0. The topological polar surface area (TPSA) is 49.9 Å². The second kappa shape index (κ2) is 5.69. The van der Waals surface area contributed by atoms with E-state index in [9.17, 15) is 0 Å². The molecular formula is C14H19N3O. The van der Waals surface area contributed by atoms with E-state index in [4.69, 9.17) is 4.74 Å². The number of aromatic amines is 1. The fourth-order valence-corrected chi connectivity index (χ4v) is 1.77. The van der Waals surface area contributed by atoms with E-state index < -0.39 is 0 Å². The second-order valence-electron chi connectivity index (χ2n) is 4.35. The van der Waals surface area contributed by atoms with Crippen LogP contribution in [0.15, 0.2) is 24.3 Å². The molecule has 1 aromatic heterocycles. The van der Waals surface area contributed by atoms with Gasteiger partial charge in [-0.25, -0.2) is 4.98 Å². The lowest BCUT2D eigenvalue weighted by Gasteiger charge is -2.04. The Balaban J connectivity index is 1.84. The maximum absolute atomic E-state index is 5.12. The third kappa shape index (κ3) is 3.11. The van der Waals surface area contributed by atoms with Gasteiger partial charge in [0, 0.05) is 12.2 Å². The van der Waals surface area contributed by atoms with E-state index in [1.807, 2.05) is 26.0 Å². The SMILES string of the molecule is COc1ccc(CNCc2nc(C)c(C)[nH]2)cc1. The molecule has 0 radical (unpaired) electrons. The molecule has 4 nitrogen and oxygen atoms in total. The van der Waals surface area contributed by atoms with Crippen LogP contribution in [0.25, 0.3) is 0 Å². The van der Waals surface area contributed by atoms with Gasteiger partial charge in [-0.05, 0) is 31.5 Å². The van der Waals surface area contributed by atoms with Crippen LogP contribution in [-0.2, 0) is 13.1 Å². The molecule has 2 aromatic rings. The molecule has 0 spiro atoms. The van der Waals surface area contributed by atoms with Crippen LogP contribution in [-0.4, -0.2) is 17.1 Å². The fourth-order valence-electron chi connectivity index (χ4n) is 1.77. The molecule has 0 aliphatic heterocycles. The Morgan fingerprint density at radius 3 is 2.44 bits per heavy atom. The Kier molecular flexibility index (Phi) is 3.99. The lowest BCUT2D eigenvalue weighted by molar-refractivity contribution is 0.414. The number of rotatable bonds is 5. The summed E-state index contributed by atoms with van der Waals surface area (Å²) >= 11 is 0. The van der Waals surface area contributed by atoms with Gasteiger partial charge in [-0.2, -0.15) is 0 Å². The van der Waals surface area contributed by atoms with Gasteiger partial charge < -0.3 is 15.0 Å². The highest BCUT2D eigenvalue weighted by Crippen LogP contribution is 2.11. The van der Waals surface area contributed by atoms with E-state index in [1.54, 1.807) is 7.11 Å². The van der Waals surface area contributed by atoms with Gasteiger partial charge in [-0.1, -0.05) is 12.1 Å². The van der Waals surface area contributed by atoms with Crippen LogP contribution >= 0.6 is 0 Å². The van der Waals surface area contributed by atoms with Crippen molar-refractivity contribution in [1.29, 1.82) is 0 Å². The summed E-state index contributed by atoms with van der Waals surface area (Å²) in [5.74, 6) is 1.87. The van der Waals surface area contributed by atoms with Crippen molar-refractivity contribution < 1.29 is 4.74 Å². The van der Waals surface area contributed by atoms with Crippen molar-refractivity contribution in [1.82, 2.24) is 15.3 Å². The zero-order valence-corrected chi connectivity index (χ0v) is 11.1. The summed E-state index contributed by atoms with van der Waals surface area (Å²) < 4.78 is 5.12. The number of nitrogens with zero attached hydrogens (tertiary/aromatic N) is 1. The normalized spacial score (nSPS) is 10.6. The first-order valence-corrected chi connectivity index (χ1v) is 6.05. The molecule has 18 heavy (non-hydrogen) atoms. The molecule has 0 amide bonds. The van der Waals surface area contributed by atoms with Crippen LogP contribution in [0.1, 0.15) is 22.8 Å². The number of hydrogen-bond donors (Lipinski definition) is 2. The van der Waals surface area contributed by atoms with E-state index in [0.29, 0.717) is 0 Å². The van der Waals surface area contributed by atoms with Gasteiger partial charge in [0.25, 0.3) is 0 Å². The first kappa shape index (κ1) is 12.6. The average molecular weight is 245 g/mol. The van der Waals surface area contributed by atoms with E-state index >= 15 is 0 Å². The lowest BCUT2D eigenvalue weighted by Crippen LogP contribution is -2.13. The van der Waals surface area contributed by atoms with Gasteiger partial charge in [0.05, 0.1) is 19.3 Å². The number of nitrogens with one attached hydrogen (secondary N) is 2. The van der Waals surface area contributed by atoms with Crippen molar-refractivity contribution in [2.24, 2.45) is 0 Å². The molecule has 96 valence electrons. The summed E-state index contributed by atoms with van der Waals surface area (Å²) in [5, 5.41) is 3.36. The molecular weight excluding hydrogens is 226 g/mol. The summed E-state index contributed by atoms with van der Waals surface area (Å²) in [7, 11) is 1.68. The lowest BCUT2D eigenvalue weighted by atomic mass is 10.2. The Hall–Kier alpha value is -1.81. The van der Waals surface area contributed by atoms with Gasteiger partial charge in [-0.3, -0.25) is 0 Å². The molecule has 1 heterocycles. The van der Waals surface area contributed by atoms with Crippen LogP contribution in [0, 0.1) is 13.8 Å². The maximum atomic E-state index is 5.12. The molecule has 1 aromatic carbocycles. The predicted molar refractivity (Wildman–Crippen MR) is 71.6 cm³/mol. The zero-order valence-electron chi connectivity index (χ0n) is 11.1.